The van der Waals surface area contributed by atoms with E-state index in [1.165, 1.54) is 18.3 Å². The molecule has 0 amide bonds. The molecule has 0 atom stereocenters. The Morgan fingerprint density at radius 2 is 1.92 bits per heavy atom. The second-order valence-corrected chi connectivity index (χ2v) is 10.7. The summed E-state index contributed by atoms with van der Waals surface area (Å²) in [4.78, 5) is 8.24. The minimum Gasteiger partial charge on any atom is -0.402 e. The zero-order valence-electron chi connectivity index (χ0n) is 20.5. The molecule has 0 radical (unpaired) electrons. The number of nitrogens with zero attached hydrogens (tertiary/aromatic N) is 7. The molecule has 1 aliphatic carbocycles. The minimum atomic E-state index is -4.79. The first kappa shape index (κ1) is 24.9. The first-order chi connectivity index (χ1) is 18.2. The lowest BCUT2D eigenvalue weighted by atomic mass is 9.95. The van der Waals surface area contributed by atoms with Crippen molar-refractivity contribution in [1.29, 1.82) is 5.26 Å². The molecule has 2 fully saturated rings. The number of piperidine rings is 1. The third-order valence-electron chi connectivity index (χ3n) is 7.55. The second kappa shape index (κ2) is 9.43. The van der Waals surface area contributed by atoms with Crippen LogP contribution in [0, 0.1) is 16.7 Å². The Balaban J connectivity index is 1.26. The van der Waals surface area contributed by atoms with Crippen molar-refractivity contribution in [3.63, 3.8) is 0 Å². The molecule has 0 spiro atoms. The Bertz CT molecular complexity index is 1390. The molecule has 2 aliphatic heterocycles. The molecular weight excluding hydrogens is 519 g/mol. The van der Waals surface area contributed by atoms with E-state index in [-0.39, 0.29) is 22.9 Å². The fourth-order valence-electron chi connectivity index (χ4n) is 5.52. The van der Waals surface area contributed by atoms with Crippen molar-refractivity contribution >= 4 is 17.4 Å². The van der Waals surface area contributed by atoms with E-state index in [4.69, 9.17) is 11.6 Å². The first-order valence-corrected chi connectivity index (χ1v) is 12.9. The zero-order valence-corrected chi connectivity index (χ0v) is 21.2. The number of hydrogen-bond donors (Lipinski definition) is 0. The standard InChI is InChI=1S/C26H25ClF3N7O/c27-19-3-4-20-18(12-19)13-35(16-25(15-31)7-8-25)14-22-33-34-23(37(20)22)17-5-10-36(11-6-17)24-21(2-1-9-32-24)38-26(28,29)30/h1-4,9,12,17H,5-8,10-11,13-14,16H2. The lowest BCUT2D eigenvalue weighted by molar-refractivity contribution is -0.274. The van der Waals surface area contributed by atoms with Gasteiger partial charge >= 0.3 is 6.36 Å². The molecule has 12 heteroatoms. The molecule has 38 heavy (non-hydrogen) atoms. The molecule has 3 aliphatic rings. The molecule has 0 bridgehead atoms. The number of rotatable bonds is 5. The largest absolute Gasteiger partial charge is 0.573 e. The van der Waals surface area contributed by atoms with Gasteiger partial charge in [0.2, 0.25) is 0 Å². The molecular formula is C26H25ClF3N7O. The molecule has 198 valence electrons. The third kappa shape index (κ3) is 4.90. The molecule has 2 aromatic heterocycles. The Labute approximate surface area is 222 Å². The van der Waals surface area contributed by atoms with Gasteiger partial charge in [0.15, 0.2) is 17.4 Å². The highest BCUT2D eigenvalue weighted by Gasteiger charge is 2.45. The van der Waals surface area contributed by atoms with Crippen molar-refractivity contribution in [3.8, 4) is 17.5 Å². The minimum absolute atomic E-state index is 0.0622. The van der Waals surface area contributed by atoms with Gasteiger partial charge in [0.1, 0.15) is 5.82 Å². The summed E-state index contributed by atoms with van der Waals surface area (Å²) in [5.41, 5.74) is 1.73. The van der Waals surface area contributed by atoms with Crippen LogP contribution in [0.5, 0.6) is 5.75 Å². The first-order valence-electron chi connectivity index (χ1n) is 12.6. The number of aromatic nitrogens is 4. The third-order valence-corrected chi connectivity index (χ3v) is 7.78. The molecule has 1 aromatic carbocycles. The van der Waals surface area contributed by atoms with Crippen LogP contribution in [-0.2, 0) is 13.1 Å². The summed E-state index contributed by atoms with van der Waals surface area (Å²) in [5, 5.41) is 19.4. The number of anilines is 1. The zero-order chi connectivity index (χ0) is 26.5. The van der Waals surface area contributed by atoms with Crippen LogP contribution in [0.15, 0.2) is 36.5 Å². The van der Waals surface area contributed by atoms with E-state index in [9.17, 15) is 18.4 Å². The predicted octanol–water partition coefficient (Wildman–Crippen LogP) is 5.22. The summed E-state index contributed by atoms with van der Waals surface area (Å²) < 4.78 is 45.0. The van der Waals surface area contributed by atoms with Gasteiger partial charge in [0.05, 0.1) is 23.7 Å². The maximum atomic E-state index is 12.9. The van der Waals surface area contributed by atoms with Gasteiger partial charge in [-0.1, -0.05) is 11.6 Å². The highest BCUT2D eigenvalue weighted by atomic mass is 35.5. The topological polar surface area (TPSA) is 83.1 Å². The number of nitriles is 1. The van der Waals surface area contributed by atoms with Crippen LogP contribution in [0.1, 0.15) is 48.8 Å². The molecule has 1 saturated heterocycles. The van der Waals surface area contributed by atoms with Gasteiger partial charge in [0.25, 0.3) is 0 Å². The van der Waals surface area contributed by atoms with E-state index in [2.05, 4.69) is 35.5 Å². The number of pyridine rings is 1. The van der Waals surface area contributed by atoms with E-state index < -0.39 is 6.36 Å². The average molecular weight is 544 g/mol. The van der Waals surface area contributed by atoms with E-state index in [1.807, 2.05) is 23.1 Å². The van der Waals surface area contributed by atoms with Crippen LogP contribution in [0.25, 0.3) is 5.69 Å². The van der Waals surface area contributed by atoms with Gasteiger partial charge in [-0.05, 0) is 61.6 Å². The predicted molar refractivity (Wildman–Crippen MR) is 133 cm³/mol. The van der Waals surface area contributed by atoms with E-state index in [0.29, 0.717) is 50.6 Å². The normalized spacial score (nSPS) is 19.3. The fourth-order valence-corrected chi connectivity index (χ4v) is 5.72. The van der Waals surface area contributed by atoms with Crippen molar-refractivity contribution < 1.29 is 17.9 Å². The van der Waals surface area contributed by atoms with Crippen molar-refractivity contribution in [2.45, 2.75) is 51.1 Å². The van der Waals surface area contributed by atoms with Crippen LogP contribution < -0.4 is 9.64 Å². The molecule has 0 unspecified atom stereocenters. The van der Waals surface area contributed by atoms with Crippen LogP contribution in [0.3, 0.4) is 0 Å². The summed E-state index contributed by atoms with van der Waals surface area (Å²) in [6.45, 7) is 2.89. The van der Waals surface area contributed by atoms with Gasteiger partial charge in [-0.25, -0.2) is 4.98 Å². The molecule has 8 nitrogen and oxygen atoms in total. The lowest BCUT2D eigenvalue weighted by Crippen LogP contribution is -2.35. The van der Waals surface area contributed by atoms with Crippen molar-refractivity contribution in [1.82, 2.24) is 24.6 Å². The number of alkyl halides is 3. The lowest BCUT2D eigenvalue weighted by Gasteiger charge is -2.33. The van der Waals surface area contributed by atoms with Crippen LogP contribution in [-0.4, -0.2) is 50.6 Å². The van der Waals surface area contributed by atoms with Crippen LogP contribution in [0.2, 0.25) is 5.02 Å². The van der Waals surface area contributed by atoms with Crippen molar-refractivity contribution in [3.05, 3.63) is 58.8 Å². The van der Waals surface area contributed by atoms with Gasteiger partial charge in [-0.15, -0.1) is 23.4 Å². The molecule has 3 aromatic rings. The highest BCUT2D eigenvalue weighted by molar-refractivity contribution is 6.30. The maximum Gasteiger partial charge on any atom is 0.573 e. The average Bonchev–Trinajstić information content (AvgIpc) is 3.57. The second-order valence-electron chi connectivity index (χ2n) is 10.3. The van der Waals surface area contributed by atoms with E-state index >= 15 is 0 Å². The van der Waals surface area contributed by atoms with Crippen molar-refractivity contribution in [2.75, 3.05) is 24.5 Å². The Hall–Kier alpha value is -3.36. The Morgan fingerprint density at radius 1 is 1.13 bits per heavy atom. The maximum absolute atomic E-state index is 12.9. The fraction of sp³-hybridized carbons (Fsp3) is 0.462. The molecule has 6 rings (SSSR count). The quantitative estimate of drug-likeness (QED) is 0.436. The summed E-state index contributed by atoms with van der Waals surface area (Å²) in [6, 6.07) is 11.0. The number of benzene rings is 1. The Kier molecular flexibility index (Phi) is 6.19. The van der Waals surface area contributed by atoms with Gasteiger partial charge < -0.3 is 9.64 Å². The molecule has 4 heterocycles. The monoisotopic (exact) mass is 543 g/mol. The van der Waals surface area contributed by atoms with Crippen LogP contribution >= 0.6 is 11.6 Å². The molecule has 1 saturated carbocycles. The van der Waals surface area contributed by atoms with Crippen molar-refractivity contribution in [2.24, 2.45) is 5.41 Å². The van der Waals surface area contributed by atoms with E-state index in [0.717, 1.165) is 35.7 Å². The summed E-state index contributed by atoms with van der Waals surface area (Å²) >= 11 is 6.36. The summed E-state index contributed by atoms with van der Waals surface area (Å²) in [7, 11) is 0. The smallest absolute Gasteiger partial charge is 0.402 e. The summed E-state index contributed by atoms with van der Waals surface area (Å²) in [5.74, 6) is 1.59. The number of halogens is 4. The Morgan fingerprint density at radius 3 is 2.63 bits per heavy atom. The van der Waals surface area contributed by atoms with E-state index in [1.54, 1.807) is 0 Å². The summed E-state index contributed by atoms with van der Waals surface area (Å²) in [6.07, 6.45) is -0.161. The molecule has 0 N–H and O–H groups in total. The SMILES string of the molecule is N#CC1(CN2Cc3cc(Cl)ccc3-n3c(nnc3C3CCN(c4ncccc4OC(F)(F)F)CC3)C2)CC1. The highest BCUT2D eigenvalue weighted by Crippen LogP contribution is 2.46. The van der Waals surface area contributed by atoms with Crippen LogP contribution in [0.4, 0.5) is 19.0 Å². The van der Waals surface area contributed by atoms with Gasteiger partial charge in [0, 0.05) is 43.3 Å². The number of hydrogen-bond acceptors (Lipinski definition) is 7. The van der Waals surface area contributed by atoms with Gasteiger partial charge in [-0.2, -0.15) is 5.26 Å². The number of ether oxygens (including phenoxy) is 1. The van der Waals surface area contributed by atoms with Gasteiger partial charge in [-0.3, -0.25) is 9.47 Å². The number of fused-ring (bicyclic) bond motifs is 3.